The molecule has 110 valence electrons. The Kier molecular flexibility index (Phi) is 3.77. The Hall–Kier alpha value is -1.73. The molecule has 1 saturated heterocycles. The van der Waals surface area contributed by atoms with Crippen LogP contribution in [0.5, 0.6) is 0 Å². The highest BCUT2D eigenvalue weighted by Crippen LogP contribution is 2.32. The Labute approximate surface area is 129 Å². The normalized spacial score (nSPS) is 21.8. The van der Waals surface area contributed by atoms with Crippen molar-refractivity contribution in [3.63, 3.8) is 0 Å². The monoisotopic (exact) mass is 351 g/mol. The number of hydrogen-bond donors (Lipinski definition) is 1. The predicted octanol–water partition coefficient (Wildman–Crippen LogP) is 2.15. The number of aliphatic hydroxyl groups excluding tert-OH is 1. The third-order valence-electron chi connectivity index (χ3n) is 3.49. The van der Waals surface area contributed by atoms with Gasteiger partial charge in [0.2, 0.25) is 17.6 Å². The van der Waals surface area contributed by atoms with Crippen molar-refractivity contribution in [2.24, 2.45) is 0 Å². The summed E-state index contributed by atoms with van der Waals surface area (Å²) in [6, 6.07) is 7.21. The maximum absolute atomic E-state index is 11.6. The molecule has 6 nitrogen and oxygen atoms in total. The molecule has 1 amide bonds. The van der Waals surface area contributed by atoms with Crippen molar-refractivity contribution in [2.45, 2.75) is 25.5 Å². The number of amides is 1. The van der Waals surface area contributed by atoms with Gasteiger partial charge in [-0.05, 0) is 12.1 Å². The van der Waals surface area contributed by atoms with Crippen LogP contribution in [0, 0.1) is 0 Å². The number of carbonyl (C=O) groups excluding carboxylic acids is 1. The molecule has 7 heteroatoms. The lowest BCUT2D eigenvalue weighted by Gasteiger charge is -2.19. The van der Waals surface area contributed by atoms with Gasteiger partial charge in [-0.1, -0.05) is 33.2 Å². The lowest BCUT2D eigenvalue weighted by Crippen LogP contribution is -2.29. The van der Waals surface area contributed by atoms with Crippen molar-refractivity contribution in [3.05, 3.63) is 34.6 Å². The van der Waals surface area contributed by atoms with E-state index in [1.807, 2.05) is 24.3 Å². The summed E-state index contributed by atoms with van der Waals surface area (Å²) in [4.78, 5) is 17.5. The van der Waals surface area contributed by atoms with E-state index in [1.165, 1.54) is 6.92 Å². The molecule has 1 aromatic heterocycles. The highest BCUT2D eigenvalue weighted by atomic mass is 79.9. The van der Waals surface area contributed by atoms with E-state index in [1.54, 1.807) is 4.90 Å². The molecule has 0 spiro atoms. The van der Waals surface area contributed by atoms with Crippen LogP contribution in [0.3, 0.4) is 0 Å². The second-order valence-corrected chi connectivity index (χ2v) is 5.96. The minimum atomic E-state index is -0.555. The summed E-state index contributed by atoms with van der Waals surface area (Å²) in [6.07, 6.45) is -0.139. The molecule has 1 N–H and O–H groups in total. The number of likely N-dealkylation sites (tertiary alicyclic amines) is 1. The molecule has 3 rings (SSSR count). The van der Waals surface area contributed by atoms with Crippen LogP contribution in [-0.4, -0.2) is 38.7 Å². The first-order valence-corrected chi connectivity index (χ1v) is 7.38. The minimum absolute atomic E-state index is 0.112. The summed E-state index contributed by atoms with van der Waals surface area (Å²) < 4.78 is 6.21. The molecule has 21 heavy (non-hydrogen) atoms. The largest absolute Gasteiger partial charge is 0.391 e. The molecule has 2 heterocycles. The van der Waals surface area contributed by atoms with E-state index in [9.17, 15) is 9.90 Å². The highest BCUT2D eigenvalue weighted by Gasteiger charge is 2.37. The van der Waals surface area contributed by atoms with Gasteiger partial charge in [0.1, 0.15) is 6.04 Å². The second kappa shape index (κ2) is 5.57. The van der Waals surface area contributed by atoms with Gasteiger partial charge in [0.25, 0.3) is 0 Å². The van der Waals surface area contributed by atoms with E-state index in [4.69, 9.17) is 4.52 Å². The van der Waals surface area contributed by atoms with Crippen LogP contribution in [0.2, 0.25) is 0 Å². The molecular formula is C14H14BrN3O3. The molecule has 1 aliphatic rings. The Morgan fingerprint density at radius 1 is 1.52 bits per heavy atom. The molecule has 0 bridgehead atoms. The summed E-state index contributed by atoms with van der Waals surface area (Å²) in [5.41, 5.74) is 0.826. The van der Waals surface area contributed by atoms with E-state index in [0.29, 0.717) is 24.7 Å². The summed E-state index contributed by atoms with van der Waals surface area (Å²) in [6.45, 7) is 1.77. The van der Waals surface area contributed by atoms with Crippen molar-refractivity contribution in [1.82, 2.24) is 15.0 Å². The number of benzene rings is 1. The molecule has 0 radical (unpaired) electrons. The number of aliphatic hydroxyl groups is 1. The van der Waals surface area contributed by atoms with Gasteiger partial charge in [0.05, 0.1) is 6.10 Å². The summed E-state index contributed by atoms with van der Waals surface area (Å²) in [5, 5.41) is 13.7. The Morgan fingerprint density at radius 2 is 2.33 bits per heavy atom. The van der Waals surface area contributed by atoms with Gasteiger partial charge in [0, 0.05) is 29.9 Å². The first-order chi connectivity index (χ1) is 10.0. The minimum Gasteiger partial charge on any atom is -0.391 e. The SMILES string of the molecule is CC(=O)N1C[C@@H](O)C[C@@H]1c1nc(-c2cccc(Br)c2)no1. The summed E-state index contributed by atoms with van der Waals surface area (Å²) in [7, 11) is 0. The smallest absolute Gasteiger partial charge is 0.249 e. The van der Waals surface area contributed by atoms with Crippen LogP contribution >= 0.6 is 15.9 Å². The topological polar surface area (TPSA) is 79.5 Å². The lowest BCUT2D eigenvalue weighted by molar-refractivity contribution is -0.130. The standard InChI is InChI=1S/C14H14BrN3O3/c1-8(19)18-7-11(20)6-12(18)14-16-13(17-21-14)9-3-2-4-10(15)5-9/h2-5,11-12,20H,6-7H2,1H3/t11-,12+/m0/s1. The molecule has 0 saturated carbocycles. The van der Waals surface area contributed by atoms with Crippen LogP contribution in [0.15, 0.2) is 33.3 Å². The van der Waals surface area contributed by atoms with E-state index >= 15 is 0 Å². The molecule has 0 unspecified atom stereocenters. The summed E-state index contributed by atoms with van der Waals surface area (Å²) in [5.74, 6) is 0.715. The Balaban J connectivity index is 1.89. The van der Waals surface area contributed by atoms with Crippen LogP contribution in [-0.2, 0) is 4.79 Å². The van der Waals surface area contributed by atoms with Gasteiger partial charge in [0.15, 0.2) is 0 Å². The Morgan fingerprint density at radius 3 is 3.05 bits per heavy atom. The number of rotatable bonds is 2. The van der Waals surface area contributed by atoms with Crippen molar-refractivity contribution in [2.75, 3.05) is 6.54 Å². The Bertz CT molecular complexity index is 673. The zero-order valence-corrected chi connectivity index (χ0v) is 12.9. The lowest BCUT2D eigenvalue weighted by atomic mass is 10.2. The third-order valence-corrected chi connectivity index (χ3v) is 3.99. The van der Waals surface area contributed by atoms with E-state index in [-0.39, 0.29) is 11.9 Å². The highest BCUT2D eigenvalue weighted by molar-refractivity contribution is 9.10. The second-order valence-electron chi connectivity index (χ2n) is 5.04. The molecule has 2 atom stereocenters. The van der Waals surface area contributed by atoms with Crippen molar-refractivity contribution in [3.8, 4) is 11.4 Å². The van der Waals surface area contributed by atoms with Crippen LogP contribution < -0.4 is 0 Å². The van der Waals surface area contributed by atoms with Crippen molar-refractivity contribution in [1.29, 1.82) is 0 Å². The molecular weight excluding hydrogens is 338 g/mol. The van der Waals surface area contributed by atoms with Gasteiger partial charge < -0.3 is 14.5 Å². The van der Waals surface area contributed by atoms with E-state index < -0.39 is 6.10 Å². The van der Waals surface area contributed by atoms with Crippen LogP contribution in [0.25, 0.3) is 11.4 Å². The van der Waals surface area contributed by atoms with E-state index in [2.05, 4.69) is 26.1 Å². The van der Waals surface area contributed by atoms with Gasteiger partial charge in [-0.25, -0.2) is 0 Å². The van der Waals surface area contributed by atoms with Gasteiger partial charge in [-0.15, -0.1) is 0 Å². The molecule has 1 fully saturated rings. The number of aromatic nitrogens is 2. The molecule has 1 aliphatic heterocycles. The maximum atomic E-state index is 11.6. The average Bonchev–Trinajstić information content (AvgIpc) is 3.04. The van der Waals surface area contributed by atoms with Crippen LogP contribution in [0.1, 0.15) is 25.3 Å². The third kappa shape index (κ3) is 2.84. The van der Waals surface area contributed by atoms with Gasteiger partial charge >= 0.3 is 0 Å². The number of β-amino-alcohol motifs (C(OH)–C–C–N with tert-alkyl or cyclic N) is 1. The van der Waals surface area contributed by atoms with E-state index in [0.717, 1.165) is 10.0 Å². The van der Waals surface area contributed by atoms with Crippen LogP contribution in [0.4, 0.5) is 0 Å². The number of hydrogen-bond acceptors (Lipinski definition) is 5. The fourth-order valence-corrected chi connectivity index (χ4v) is 2.91. The van der Waals surface area contributed by atoms with Crippen molar-refractivity contribution < 1.29 is 14.4 Å². The fraction of sp³-hybridized carbons (Fsp3) is 0.357. The summed E-state index contributed by atoms with van der Waals surface area (Å²) >= 11 is 3.40. The number of nitrogens with zero attached hydrogens (tertiary/aromatic N) is 3. The molecule has 2 aromatic rings. The van der Waals surface area contributed by atoms with Gasteiger partial charge in [-0.3, -0.25) is 4.79 Å². The number of carbonyl (C=O) groups is 1. The predicted molar refractivity (Wildman–Crippen MR) is 78.2 cm³/mol. The number of halogens is 1. The maximum Gasteiger partial charge on any atom is 0.249 e. The fourth-order valence-electron chi connectivity index (χ4n) is 2.51. The first-order valence-electron chi connectivity index (χ1n) is 6.59. The first kappa shape index (κ1) is 14.2. The molecule has 0 aliphatic carbocycles. The molecule has 1 aromatic carbocycles. The quantitative estimate of drug-likeness (QED) is 0.896. The van der Waals surface area contributed by atoms with Gasteiger partial charge in [-0.2, -0.15) is 4.98 Å². The average molecular weight is 352 g/mol. The van der Waals surface area contributed by atoms with Crippen molar-refractivity contribution >= 4 is 21.8 Å². The zero-order valence-electron chi connectivity index (χ0n) is 11.4. The zero-order chi connectivity index (χ0) is 15.0.